The summed E-state index contributed by atoms with van der Waals surface area (Å²) in [5.41, 5.74) is 1.80. The average molecular weight is 224 g/mol. The maximum atomic E-state index is 11.2. The number of benzene rings is 2. The van der Waals surface area contributed by atoms with Crippen LogP contribution in [0.15, 0.2) is 36.4 Å². The molecule has 2 rings (SSSR count). The first kappa shape index (κ1) is 11.2. The van der Waals surface area contributed by atoms with E-state index < -0.39 is 0 Å². The molecule has 0 fully saturated rings. The van der Waals surface area contributed by atoms with Crippen LogP contribution >= 0.6 is 0 Å². The van der Waals surface area contributed by atoms with Crippen molar-refractivity contribution in [3.8, 4) is 12.3 Å². The van der Waals surface area contributed by atoms with E-state index >= 15 is 0 Å². The molecule has 0 heterocycles. The molecule has 2 aromatic rings. The van der Waals surface area contributed by atoms with E-state index in [2.05, 4.69) is 10.7 Å². The monoisotopic (exact) mass is 224 g/mol. The third-order valence-electron chi connectivity index (χ3n) is 2.65. The first-order valence-electron chi connectivity index (χ1n) is 5.29. The van der Waals surface area contributed by atoms with Crippen molar-refractivity contribution in [3.05, 3.63) is 47.5 Å². The lowest BCUT2D eigenvalue weighted by Crippen LogP contribution is -2.04. The van der Waals surface area contributed by atoms with Gasteiger partial charge in [0, 0.05) is 5.56 Å². The molecule has 0 aliphatic heterocycles. The van der Waals surface area contributed by atoms with E-state index in [0.29, 0.717) is 6.42 Å². The van der Waals surface area contributed by atoms with Crippen molar-refractivity contribution in [2.45, 2.75) is 6.42 Å². The minimum atomic E-state index is -0.232. The lowest BCUT2D eigenvalue weighted by atomic mass is 10.0. The van der Waals surface area contributed by atoms with Crippen LogP contribution in [0.2, 0.25) is 0 Å². The Kier molecular flexibility index (Phi) is 3.11. The van der Waals surface area contributed by atoms with Crippen LogP contribution in [0.4, 0.5) is 0 Å². The highest BCUT2D eigenvalue weighted by Gasteiger charge is 2.03. The molecule has 0 saturated heterocycles. The molecule has 0 unspecified atom stereocenters. The van der Waals surface area contributed by atoms with Crippen molar-refractivity contribution in [1.82, 2.24) is 0 Å². The highest BCUT2D eigenvalue weighted by Crippen LogP contribution is 2.18. The number of carbonyl (C=O) groups excluding carboxylic acids is 1. The number of hydrogen-bond acceptors (Lipinski definition) is 2. The van der Waals surface area contributed by atoms with E-state index in [9.17, 15) is 4.79 Å². The molecule has 0 atom stereocenters. The largest absolute Gasteiger partial charge is 0.469 e. The van der Waals surface area contributed by atoms with Crippen LogP contribution in [0.1, 0.15) is 11.1 Å². The van der Waals surface area contributed by atoms with E-state index in [1.807, 2.05) is 36.4 Å². The maximum absolute atomic E-state index is 11.2. The number of methoxy groups -OCH3 is 1. The van der Waals surface area contributed by atoms with Crippen molar-refractivity contribution in [1.29, 1.82) is 0 Å². The van der Waals surface area contributed by atoms with E-state index in [1.165, 1.54) is 7.11 Å². The Balaban J connectivity index is 2.39. The molecule has 0 spiro atoms. The molecule has 2 aromatic carbocycles. The van der Waals surface area contributed by atoms with Crippen LogP contribution in [0, 0.1) is 12.3 Å². The number of esters is 1. The first-order chi connectivity index (χ1) is 8.22. The Labute approximate surface area is 100 Å². The minimum Gasteiger partial charge on any atom is -0.469 e. The Morgan fingerprint density at radius 3 is 2.65 bits per heavy atom. The average Bonchev–Trinajstić information content (AvgIpc) is 2.38. The molecule has 17 heavy (non-hydrogen) atoms. The van der Waals surface area contributed by atoms with E-state index in [-0.39, 0.29) is 5.97 Å². The summed E-state index contributed by atoms with van der Waals surface area (Å²) in [4.78, 5) is 11.2. The van der Waals surface area contributed by atoms with Crippen LogP contribution in [0.25, 0.3) is 10.8 Å². The summed E-state index contributed by atoms with van der Waals surface area (Å²) in [6.45, 7) is 0. The van der Waals surface area contributed by atoms with Crippen molar-refractivity contribution < 1.29 is 9.53 Å². The summed E-state index contributed by atoms with van der Waals surface area (Å²) in [6.07, 6.45) is 5.64. The van der Waals surface area contributed by atoms with Gasteiger partial charge in [-0.1, -0.05) is 30.2 Å². The zero-order chi connectivity index (χ0) is 12.3. The fraction of sp³-hybridized carbons (Fsp3) is 0.133. The van der Waals surface area contributed by atoms with E-state index in [0.717, 1.165) is 21.9 Å². The van der Waals surface area contributed by atoms with E-state index in [1.54, 1.807) is 0 Å². The number of rotatable bonds is 2. The SMILES string of the molecule is C#Cc1ccc2cc(CC(=O)OC)ccc2c1. The van der Waals surface area contributed by atoms with Crippen molar-refractivity contribution in [2.24, 2.45) is 0 Å². The zero-order valence-electron chi connectivity index (χ0n) is 9.57. The molecule has 2 heteroatoms. The molecule has 0 saturated carbocycles. The van der Waals surface area contributed by atoms with Gasteiger partial charge in [-0.05, 0) is 28.5 Å². The predicted octanol–water partition coefficient (Wildman–Crippen LogP) is 2.54. The van der Waals surface area contributed by atoms with Gasteiger partial charge in [0.25, 0.3) is 0 Å². The van der Waals surface area contributed by atoms with Crippen molar-refractivity contribution in [2.75, 3.05) is 7.11 Å². The highest BCUT2D eigenvalue weighted by molar-refractivity contribution is 5.85. The molecule has 0 aliphatic rings. The summed E-state index contributed by atoms with van der Waals surface area (Å²) in [6, 6.07) is 11.7. The Bertz CT molecular complexity index is 606. The molecule has 0 radical (unpaired) electrons. The second-order valence-electron chi connectivity index (χ2n) is 3.79. The van der Waals surface area contributed by atoms with Gasteiger partial charge in [0.05, 0.1) is 13.5 Å². The van der Waals surface area contributed by atoms with Gasteiger partial charge in [0.15, 0.2) is 0 Å². The van der Waals surface area contributed by atoms with Gasteiger partial charge in [0.2, 0.25) is 0 Å². The Morgan fingerprint density at radius 1 is 1.24 bits per heavy atom. The summed E-state index contributed by atoms with van der Waals surface area (Å²) in [5.74, 6) is 2.37. The second kappa shape index (κ2) is 4.71. The van der Waals surface area contributed by atoms with Crippen LogP contribution < -0.4 is 0 Å². The fourth-order valence-electron chi connectivity index (χ4n) is 1.73. The predicted molar refractivity (Wildman–Crippen MR) is 67.6 cm³/mol. The Hall–Kier alpha value is -2.27. The first-order valence-corrected chi connectivity index (χ1v) is 5.29. The summed E-state index contributed by atoms with van der Waals surface area (Å²) in [5, 5.41) is 2.15. The minimum absolute atomic E-state index is 0.232. The quantitative estimate of drug-likeness (QED) is 0.579. The summed E-state index contributed by atoms with van der Waals surface area (Å²) >= 11 is 0. The van der Waals surface area contributed by atoms with Crippen LogP contribution in [-0.2, 0) is 16.0 Å². The van der Waals surface area contributed by atoms with Gasteiger partial charge in [0.1, 0.15) is 0 Å². The molecular formula is C15H12O2. The lowest BCUT2D eigenvalue weighted by Gasteiger charge is -2.03. The molecule has 0 amide bonds. The molecule has 0 N–H and O–H groups in total. The van der Waals surface area contributed by atoms with Gasteiger partial charge in [-0.25, -0.2) is 0 Å². The third-order valence-corrected chi connectivity index (χ3v) is 2.65. The fourth-order valence-corrected chi connectivity index (χ4v) is 1.73. The second-order valence-corrected chi connectivity index (χ2v) is 3.79. The summed E-state index contributed by atoms with van der Waals surface area (Å²) in [7, 11) is 1.39. The standard InChI is InChI=1S/C15H12O2/c1-3-11-4-6-14-9-12(10-15(16)17-2)5-7-13(14)8-11/h1,4-9H,10H2,2H3. The molecule has 0 bridgehead atoms. The molecular weight excluding hydrogens is 212 g/mol. The number of fused-ring (bicyclic) bond motifs is 1. The van der Waals surface area contributed by atoms with Gasteiger partial charge < -0.3 is 4.74 Å². The van der Waals surface area contributed by atoms with Crippen LogP contribution in [0.5, 0.6) is 0 Å². The number of hydrogen-bond donors (Lipinski definition) is 0. The number of terminal acetylenes is 1. The molecule has 0 aliphatic carbocycles. The number of ether oxygens (including phenoxy) is 1. The maximum Gasteiger partial charge on any atom is 0.309 e. The normalized spacial score (nSPS) is 9.88. The smallest absolute Gasteiger partial charge is 0.309 e. The zero-order valence-corrected chi connectivity index (χ0v) is 9.57. The highest BCUT2D eigenvalue weighted by atomic mass is 16.5. The van der Waals surface area contributed by atoms with Crippen LogP contribution in [0.3, 0.4) is 0 Å². The van der Waals surface area contributed by atoms with Crippen LogP contribution in [-0.4, -0.2) is 13.1 Å². The molecule has 84 valence electrons. The molecule has 2 nitrogen and oxygen atoms in total. The topological polar surface area (TPSA) is 26.3 Å². The Morgan fingerprint density at radius 2 is 1.94 bits per heavy atom. The van der Waals surface area contributed by atoms with Gasteiger partial charge >= 0.3 is 5.97 Å². The van der Waals surface area contributed by atoms with Crippen molar-refractivity contribution >= 4 is 16.7 Å². The van der Waals surface area contributed by atoms with Gasteiger partial charge in [-0.15, -0.1) is 6.42 Å². The molecule has 0 aromatic heterocycles. The lowest BCUT2D eigenvalue weighted by molar-refractivity contribution is -0.139. The van der Waals surface area contributed by atoms with Gasteiger partial charge in [-0.2, -0.15) is 0 Å². The van der Waals surface area contributed by atoms with Crippen molar-refractivity contribution in [3.63, 3.8) is 0 Å². The van der Waals surface area contributed by atoms with Gasteiger partial charge in [-0.3, -0.25) is 4.79 Å². The van der Waals surface area contributed by atoms with E-state index in [4.69, 9.17) is 6.42 Å². The third kappa shape index (κ3) is 2.46. The summed E-state index contributed by atoms with van der Waals surface area (Å²) < 4.78 is 4.64. The number of carbonyl (C=O) groups is 1.